The largest absolute Gasteiger partial charge is 0.457 e. The van der Waals surface area contributed by atoms with Gasteiger partial charge in [0.25, 0.3) is 0 Å². The smallest absolute Gasteiger partial charge is 0.306 e. The van der Waals surface area contributed by atoms with Gasteiger partial charge in [-0.05, 0) is 291 Å². The number of ether oxygens (including phenoxy) is 5. The van der Waals surface area contributed by atoms with Gasteiger partial charge in [-0.15, -0.1) is 0 Å². The van der Waals surface area contributed by atoms with E-state index in [2.05, 4.69) is 380 Å². The molecule has 0 radical (unpaired) electrons. The summed E-state index contributed by atoms with van der Waals surface area (Å²) in [6, 6.07) is 85.5. The summed E-state index contributed by atoms with van der Waals surface area (Å²) >= 11 is 2.30. The van der Waals surface area contributed by atoms with Crippen LogP contribution < -0.4 is 0 Å². The predicted octanol–water partition coefficient (Wildman–Crippen LogP) is 37.3. The number of hydrogen-bond acceptors (Lipinski definition) is 10. The van der Waals surface area contributed by atoms with E-state index in [1.165, 1.54) is 134 Å². The number of unbranched alkanes of at least 4 members (excludes halogenated alkanes) is 10. The van der Waals surface area contributed by atoms with Crippen LogP contribution in [0.2, 0.25) is 0 Å². The molecule has 0 aromatic heterocycles. The van der Waals surface area contributed by atoms with E-state index in [-0.39, 0.29) is 60.4 Å². The van der Waals surface area contributed by atoms with Crippen LogP contribution in [0, 0.1) is 3.57 Å². The molecule has 0 aliphatic heterocycles. The molecule has 5 unspecified atom stereocenters. The minimum atomic E-state index is -0.238. The van der Waals surface area contributed by atoms with Crippen molar-refractivity contribution in [1.29, 1.82) is 0 Å². The summed E-state index contributed by atoms with van der Waals surface area (Å²) in [5.41, 5.74) is 18.4. The molecule has 0 amide bonds. The number of carbonyl (C=O) groups excluding carboxylic acids is 5. The fourth-order valence-corrected chi connectivity index (χ4v) is 22.3. The fourth-order valence-electron chi connectivity index (χ4n) is 21.7. The highest BCUT2D eigenvalue weighted by Crippen LogP contribution is 2.46. The summed E-state index contributed by atoms with van der Waals surface area (Å²) in [4.78, 5) is 62.0. The lowest BCUT2D eigenvalue weighted by atomic mass is 9.87. The Morgan fingerprint density at radius 3 is 0.952 bits per heavy atom. The van der Waals surface area contributed by atoms with Crippen molar-refractivity contribution in [1.82, 2.24) is 0 Å². The first kappa shape index (κ1) is 101. The first-order valence-corrected chi connectivity index (χ1v) is 54.1. The van der Waals surface area contributed by atoms with Gasteiger partial charge in [-0.25, -0.2) is 0 Å². The highest BCUT2D eigenvalue weighted by Gasteiger charge is 2.29. The predicted molar refractivity (Wildman–Crippen MR) is 617 cm³/mol. The van der Waals surface area contributed by atoms with E-state index in [9.17, 15) is 24.0 Å². The third-order valence-corrected chi connectivity index (χ3v) is 30.1. The lowest BCUT2D eigenvalue weighted by Gasteiger charge is -2.26. The van der Waals surface area contributed by atoms with Crippen LogP contribution in [0.15, 0.2) is 274 Å². The van der Waals surface area contributed by atoms with Gasteiger partial charge < -0.3 is 23.7 Å². The number of fused-ring (bicyclic) bond motifs is 22. The average Bonchev–Trinajstić information content (AvgIpc) is 0.722. The van der Waals surface area contributed by atoms with Crippen molar-refractivity contribution in [2.45, 2.75) is 239 Å². The summed E-state index contributed by atoms with van der Waals surface area (Å²) in [5.74, 6) is -0.451. The van der Waals surface area contributed by atoms with Crippen molar-refractivity contribution in [3.8, 4) is 0 Å². The highest BCUT2D eigenvalue weighted by molar-refractivity contribution is 14.1. The third-order valence-electron chi connectivity index (χ3n) is 29.4. The SMILES string of the molecule is C=Cc1cccc2c1ccc1c(C=C)cccc12.CCCCCC(=O)OC1CC=Cc2cc(/C=C/c3cccc4c3ccc3c(/C=C/c5ccc6c(c5)CCCC6OC(=O)CCCCC)cccc34)ccc21.CCCCCC(=O)OC1CC=Cc2cc(I)ccc21.CCCCCC(=O)OC1CC=Cc2cc3c(ccc4c3ccc3c4ccc4c5ccc6cc7c(cc6c5ccc43)C=CCC7OC(=O)CCCCC)cc21. The van der Waals surface area contributed by atoms with Gasteiger partial charge >= 0.3 is 29.8 Å². The van der Waals surface area contributed by atoms with Gasteiger partial charge in [-0.2, -0.15) is 0 Å². The molecule has 0 saturated heterocycles. The molecular weight excluding hydrogens is 1900 g/mol. The molecule has 10 nitrogen and oxygen atoms in total. The maximum atomic E-state index is 12.6. The third kappa shape index (κ3) is 23.6. The number of aryl methyl sites for hydroxylation is 1. The molecule has 0 N–H and O–H groups in total. The fraction of sp³-hybridized carbons (Fsp3) is 0.276. The Kier molecular flexibility index (Phi) is 33.6. The molecule has 5 atom stereocenters. The second-order valence-electron chi connectivity index (χ2n) is 39.3. The molecular formula is C134H131IO10. The van der Waals surface area contributed by atoms with Crippen molar-refractivity contribution in [3.63, 3.8) is 0 Å². The molecule has 16 aromatic rings. The zero-order chi connectivity index (χ0) is 100. The maximum Gasteiger partial charge on any atom is 0.306 e. The number of rotatable bonds is 31. The van der Waals surface area contributed by atoms with Crippen LogP contribution >= 0.6 is 22.6 Å². The summed E-state index contributed by atoms with van der Waals surface area (Å²) in [6.07, 6.45) is 52.4. The van der Waals surface area contributed by atoms with Crippen molar-refractivity contribution < 1.29 is 47.7 Å². The molecule has 16 aromatic carbocycles. The summed E-state index contributed by atoms with van der Waals surface area (Å²) in [6.45, 7) is 18.5. The van der Waals surface area contributed by atoms with E-state index < -0.39 is 0 Å². The molecule has 0 saturated carbocycles. The van der Waals surface area contributed by atoms with Crippen LogP contribution in [0.1, 0.15) is 321 Å². The number of carbonyl (C=O) groups is 5. The van der Waals surface area contributed by atoms with Crippen LogP contribution in [0.3, 0.4) is 0 Å². The van der Waals surface area contributed by atoms with Crippen LogP contribution in [-0.4, -0.2) is 29.8 Å². The molecule has 5 aliphatic carbocycles. The Bertz CT molecular complexity index is 7550. The number of benzene rings is 16. The molecule has 0 bridgehead atoms. The van der Waals surface area contributed by atoms with E-state index in [1.54, 1.807) is 0 Å². The van der Waals surface area contributed by atoms with E-state index in [4.69, 9.17) is 23.7 Å². The molecule has 0 spiro atoms. The van der Waals surface area contributed by atoms with Gasteiger partial charge in [-0.1, -0.05) is 391 Å². The van der Waals surface area contributed by atoms with E-state index in [0.717, 1.165) is 195 Å². The van der Waals surface area contributed by atoms with E-state index in [0.29, 0.717) is 44.9 Å². The van der Waals surface area contributed by atoms with Gasteiger partial charge in [0.1, 0.15) is 30.5 Å². The Morgan fingerprint density at radius 1 is 0.283 bits per heavy atom. The molecule has 21 rings (SSSR count). The zero-order valence-corrected chi connectivity index (χ0v) is 86.6. The van der Waals surface area contributed by atoms with Crippen molar-refractivity contribution >= 4 is 221 Å². The summed E-state index contributed by atoms with van der Waals surface area (Å²) < 4.78 is 30.6. The van der Waals surface area contributed by atoms with Gasteiger partial charge in [0.15, 0.2) is 0 Å². The summed E-state index contributed by atoms with van der Waals surface area (Å²) in [7, 11) is 0. The Hall–Kier alpha value is -13.9. The average molecular weight is 2030 g/mol. The molecule has 734 valence electrons. The van der Waals surface area contributed by atoms with Crippen LogP contribution in [0.25, 0.3) is 168 Å². The van der Waals surface area contributed by atoms with Gasteiger partial charge in [0.2, 0.25) is 0 Å². The first-order valence-electron chi connectivity index (χ1n) is 53.0. The van der Waals surface area contributed by atoms with Crippen LogP contribution in [-0.2, 0) is 54.1 Å². The molecule has 145 heavy (non-hydrogen) atoms. The molecule has 5 aliphatic rings. The summed E-state index contributed by atoms with van der Waals surface area (Å²) in [5, 5.41) is 24.6. The van der Waals surface area contributed by atoms with E-state index in [1.807, 2.05) is 12.2 Å². The van der Waals surface area contributed by atoms with Gasteiger partial charge in [0, 0.05) is 83.6 Å². The van der Waals surface area contributed by atoms with E-state index >= 15 is 0 Å². The minimum absolute atomic E-state index is 0.0711. The van der Waals surface area contributed by atoms with Gasteiger partial charge in [0.05, 0.1) is 0 Å². The molecule has 11 heteroatoms. The lowest BCUT2D eigenvalue weighted by molar-refractivity contribution is -0.151. The normalized spacial score (nSPS) is 15.8. The topological polar surface area (TPSA) is 132 Å². The van der Waals surface area contributed by atoms with Crippen molar-refractivity contribution in [3.05, 3.63) is 367 Å². The zero-order valence-electron chi connectivity index (χ0n) is 84.5. The van der Waals surface area contributed by atoms with Crippen LogP contribution in [0.5, 0.6) is 0 Å². The minimum Gasteiger partial charge on any atom is -0.457 e. The molecule has 0 fully saturated rings. The number of halogens is 1. The Labute approximate surface area is 867 Å². The quantitative estimate of drug-likeness (QED) is 0.0103. The monoisotopic (exact) mass is 2030 g/mol. The lowest BCUT2D eigenvalue weighted by Crippen LogP contribution is -2.16. The molecule has 0 heterocycles. The first-order chi connectivity index (χ1) is 71.0. The standard InChI is InChI=1S/C50H46O4.C50H52O4.C18H14.C16H19IO2/c1-3-5-7-15-49(51)53-47-13-9-11-31-27-43-33(29-45(31)47)17-19-35-37-21-22-38-36-20-18-34-30-46-32(12-10-14-48(46)54-50(52)16-8-6-4-2)28-44(34)42(36)26-24-40(38)39(37)23-25-41(35)43;1-3-5-7-21-49(51)53-47-19-11-15-39-33-35(25-29-43(39)47)23-27-37-13-9-17-45-41(37)31-32-42-38(14-10-18-46(42)45)28-24-36-26-30-44-40(34-36)16-12-20-48(44)54-50(52)22-8-6-4-2;1-3-13-7-5-9-17-15(13)11-12-16-14(4-2)8-6-10-18(16)17;1-2-3-4-8-16(18)19-15-7-5-6-12-11-13(17)9-10-14(12)15/h9-12,17-30,47-48H,3-8,13-16H2,1-2H3;9-11,13-15,17-18,23-34,47-48H,3-8,12,16,19-22H2,1-2H3;3-12H,1-2H2;5-6,9-11,15H,2-4,7-8H2,1H3/b;27-23+,28-24+;;. The second kappa shape index (κ2) is 48.2. The van der Waals surface area contributed by atoms with Crippen LogP contribution in [0.4, 0.5) is 0 Å². The van der Waals surface area contributed by atoms with Crippen molar-refractivity contribution in [2.24, 2.45) is 0 Å². The maximum absolute atomic E-state index is 12.6. The van der Waals surface area contributed by atoms with Gasteiger partial charge in [-0.3, -0.25) is 24.0 Å². The van der Waals surface area contributed by atoms with Crippen molar-refractivity contribution in [2.75, 3.05) is 0 Å². The highest BCUT2D eigenvalue weighted by atomic mass is 127. The second-order valence-corrected chi connectivity index (χ2v) is 40.6. The Balaban J connectivity index is 0.000000141. The number of hydrogen-bond donors (Lipinski definition) is 0. The number of esters is 5. The Morgan fingerprint density at radius 2 is 0.579 bits per heavy atom.